The van der Waals surface area contributed by atoms with E-state index in [0.717, 1.165) is 32.2 Å². The van der Waals surface area contributed by atoms with Crippen LogP contribution in [0.2, 0.25) is 0 Å². The van der Waals surface area contributed by atoms with Crippen LogP contribution in [0.15, 0.2) is 0 Å². The molecule has 0 atom stereocenters. The predicted molar refractivity (Wildman–Crippen MR) is 140 cm³/mol. The van der Waals surface area contributed by atoms with Crippen molar-refractivity contribution in [2.24, 2.45) is 0 Å². The maximum absolute atomic E-state index is 12.8. The first-order chi connectivity index (χ1) is 16.8. The Kier molecular flexibility index (Phi) is 16.9. The molecule has 1 aliphatic heterocycles. The number of carbonyl (C=O) groups excluding carboxylic acids is 4. The lowest BCUT2D eigenvalue weighted by Gasteiger charge is -2.27. The van der Waals surface area contributed by atoms with E-state index >= 15 is 0 Å². The van der Waals surface area contributed by atoms with E-state index in [2.05, 4.69) is 5.32 Å². The second-order valence-corrected chi connectivity index (χ2v) is 9.87. The highest BCUT2D eigenvalue weighted by molar-refractivity contribution is 5.76. The van der Waals surface area contributed by atoms with Gasteiger partial charge in [-0.15, -0.1) is 0 Å². The van der Waals surface area contributed by atoms with Crippen molar-refractivity contribution >= 4 is 23.6 Å². The van der Waals surface area contributed by atoms with Crippen LogP contribution in [-0.2, 0) is 19.2 Å². The molecule has 8 heteroatoms. The van der Waals surface area contributed by atoms with E-state index in [9.17, 15) is 19.2 Å². The van der Waals surface area contributed by atoms with Crippen molar-refractivity contribution in [3.8, 4) is 0 Å². The number of rotatable bonds is 12. The molecule has 0 aromatic heterocycles. The molecular formula is C27H50N4O4. The lowest BCUT2D eigenvalue weighted by Crippen LogP contribution is -2.38. The highest BCUT2D eigenvalue weighted by atomic mass is 16.2. The summed E-state index contributed by atoms with van der Waals surface area (Å²) in [7, 11) is 0. The van der Waals surface area contributed by atoms with Crippen LogP contribution in [0.25, 0.3) is 0 Å². The van der Waals surface area contributed by atoms with Gasteiger partial charge in [0, 0.05) is 73.0 Å². The minimum atomic E-state index is -0.0682. The largest absolute Gasteiger partial charge is 0.356 e. The van der Waals surface area contributed by atoms with E-state index in [4.69, 9.17) is 0 Å². The Labute approximate surface area is 213 Å². The number of nitrogens with one attached hydrogen (secondary N) is 1. The predicted octanol–water partition coefficient (Wildman–Crippen LogP) is 3.73. The van der Waals surface area contributed by atoms with Crippen LogP contribution in [0.4, 0.5) is 0 Å². The molecule has 0 aliphatic carbocycles. The lowest BCUT2D eigenvalue weighted by molar-refractivity contribution is -0.131. The molecule has 0 saturated carbocycles. The summed E-state index contributed by atoms with van der Waals surface area (Å²) in [5.41, 5.74) is 0. The van der Waals surface area contributed by atoms with Crippen LogP contribution in [-0.4, -0.2) is 84.1 Å². The van der Waals surface area contributed by atoms with Crippen LogP contribution in [0, 0.1) is 0 Å². The molecular weight excluding hydrogens is 444 g/mol. The topological polar surface area (TPSA) is 90.0 Å². The van der Waals surface area contributed by atoms with Gasteiger partial charge in [0.1, 0.15) is 0 Å². The van der Waals surface area contributed by atoms with Crippen LogP contribution in [0.5, 0.6) is 0 Å². The summed E-state index contributed by atoms with van der Waals surface area (Å²) in [5.74, 6) is 0.226. The second kappa shape index (κ2) is 19.1. The van der Waals surface area contributed by atoms with Crippen LogP contribution >= 0.6 is 0 Å². The van der Waals surface area contributed by atoms with Gasteiger partial charge < -0.3 is 20.0 Å². The van der Waals surface area contributed by atoms with E-state index in [1.54, 1.807) is 18.7 Å². The molecule has 0 radical (unpaired) electrons. The smallest absolute Gasteiger partial charge is 0.222 e. The van der Waals surface area contributed by atoms with E-state index in [-0.39, 0.29) is 23.6 Å². The first-order valence-electron chi connectivity index (χ1n) is 13.8. The number of nitrogens with zero attached hydrogens (tertiary/aromatic N) is 3. The van der Waals surface area contributed by atoms with Crippen molar-refractivity contribution < 1.29 is 19.2 Å². The Morgan fingerprint density at radius 3 is 1.74 bits per heavy atom. The number of amides is 4. The van der Waals surface area contributed by atoms with Gasteiger partial charge in [0.25, 0.3) is 0 Å². The van der Waals surface area contributed by atoms with Crippen molar-refractivity contribution in [1.82, 2.24) is 20.0 Å². The van der Waals surface area contributed by atoms with Crippen molar-refractivity contribution in [2.45, 2.75) is 104 Å². The molecule has 1 saturated heterocycles. The molecule has 1 N–H and O–H groups in total. The summed E-state index contributed by atoms with van der Waals surface area (Å²) in [6.07, 6.45) is 13.6. The molecule has 4 amide bonds. The summed E-state index contributed by atoms with van der Waals surface area (Å²) in [6, 6.07) is 0. The van der Waals surface area contributed by atoms with Gasteiger partial charge in [-0.1, -0.05) is 44.9 Å². The van der Waals surface area contributed by atoms with Crippen molar-refractivity contribution in [3.63, 3.8) is 0 Å². The van der Waals surface area contributed by atoms with Crippen LogP contribution < -0.4 is 5.32 Å². The van der Waals surface area contributed by atoms with Crippen LogP contribution in [0.1, 0.15) is 104 Å². The van der Waals surface area contributed by atoms with E-state index < -0.39 is 0 Å². The molecule has 1 aliphatic rings. The van der Waals surface area contributed by atoms with E-state index in [0.29, 0.717) is 58.5 Å². The van der Waals surface area contributed by atoms with Gasteiger partial charge in [0.05, 0.1) is 0 Å². The molecule has 1 fully saturated rings. The molecule has 0 aromatic rings. The SMILES string of the molecule is CC(=O)NCCCN(CCCN(CCCN1CCCCCCCCCCCC1=O)C(C)=O)C(C)=O. The molecule has 0 bridgehead atoms. The number of hydrogen-bond acceptors (Lipinski definition) is 4. The fraction of sp³-hybridized carbons (Fsp3) is 0.852. The number of carbonyl (C=O) groups is 4. The van der Waals surface area contributed by atoms with Gasteiger partial charge >= 0.3 is 0 Å². The van der Waals surface area contributed by atoms with Gasteiger partial charge in [-0.25, -0.2) is 0 Å². The summed E-state index contributed by atoms with van der Waals surface area (Å²) < 4.78 is 0. The van der Waals surface area contributed by atoms with Gasteiger partial charge in [-0.05, 0) is 32.1 Å². The summed E-state index contributed by atoms with van der Waals surface area (Å²) in [4.78, 5) is 53.5. The highest BCUT2D eigenvalue weighted by Gasteiger charge is 2.16. The van der Waals surface area contributed by atoms with Crippen LogP contribution in [0.3, 0.4) is 0 Å². The third-order valence-electron chi connectivity index (χ3n) is 6.75. The summed E-state index contributed by atoms with van der Waals surface area (Å²) in [5, 5.41) is 2.75. The fourth-order valence-corrected chi connectivity index (χ4v) is 4.63. The first kappa shape index (κ1) is 30.9. The Morgan fingerprint density at radius 2 is 1.20 bits per heavy atom. The maximum atomic E-state index is 12.8. The molecule has 0 unspecified atom stereocenters. The van der Waals surface area contributed by atoms with Gasteiger partial charge in [0.15, 0.2) is 0 Å². The Morgan fingerprint density at radius 1 is 0.714 bits per heavy atom. The van der Waals surface area contributed by atoms with Crippen molar-refractivity contribution in [2.75, 3.05) is 45.8 Å². The normalized spacial score (nSPS) is 16.0. The summed E-state index contributed by atoms with van der Waals surface area (Å²) in [6.45, 7) is 9.09. The zero-order valence-corrected chi connectivity index (χ0v) is 22.6. The third kappa shape index (κ3) is 15.5. The van der Waals surface area contributed by atoms with Gasteiger partial charge in [-0.2, -0.15) is 0 Å². The minimum Gasteiger partial charge on any atom is -0.356 e. The highest BCUT2D eigenvalue weighted by Crippen LogP contribution is 2.14. The first-order valence-corrected chi connectivity index (χ1v) is 13.8. The van der Waals surface area contributed by atoms with Gasteiger partial charge in [-0.3, -0.25) is 19.2 Å². The molecule has 0 aromatic carbocycles. The lowest BCUT2D eigenvalue weighted by atomic mass is 10.1. The average molecular weight is 495 g/mol. The molecule has 202 valence electrons. The Bertz CT molecular complexity index is 641. The van der Waals surface area contributed by atoms with Gasteiger partial charge in [0.2, 0.25) is 23.6 Å². The summed E-state index contributed by atoms with van der Waals surface area (Å²) >= 11 is 0. The Hall–Kier alpha value is -2.12. The molecule has 0 spiro atoms. The molecule has 8 nitrogen and oxygen atoms in total. The maximum Gasteiger partial charge on any atom is 0.222 e. The van der Waals surface area contributed by atoms with Crippen molar-refractivity contribution in [3.05, 3.63) is 0 Å². The average Bonchev–Trinajstić information content (AvgIpc) is 2.82. The zero-order chi connectivity index (χ0) is 25.9. The molecule has 35 heavy (non-hydrogen) atoms. The molecule has 1 heterocycles. The standard InChI is InChI=1S/C27H50N4O4/c1-24(32)28-17-13-19-29(25(2)33)20-14-21-30(26(3)34)22-15-23-31-18-12-10-8-6-4-5-7-9-11-16-27(31)35/h4-23H2,1-3H3,(H,28,32). The monoisotopic (exact) mass is 494 g/mol. The second-order valence-electron chi connectivity index (χ2n) is 9.87. The minimum absolute atomic E-state index is 0.00622. The third-order valence-corrected chi connectivity index (χ3v) is 6.75. The molecule has 1 rings (SSSR count). The van der Waals surface area contributed by atoms with Crippen molar-refractivity contribution in [1.29, 1.82) is 0 Å². The fourth-order valence-electron chi connectivity index (χ4n) is 4.63. The quantitative estimate of drug-likeness (QED) is 0.419. The zero-order valence-electron chi connectivity index (χ0n) is 22.6. The number of hydrogen-bond donors (Lipinski definition) is 1. The van der Waals surface area contributed by atoms with E-state index in [1.807, 2.05) is 9.80 Å². The van der Waals surface area contributed by atoms with E-state index in [1.165, 1.54) is 45.4 Å². The Balaban J connectivity index is 2.45.